The number of fused-ring (bicyclic) bond motifs is 1. The zero-order valence-electron chi connectivity index (χ0n) is 17.6. The number of aryl methyl sites for hydroxylation is 2. The van der Waals surface area contributed by atoms with E-state index < -0.39 is 0 Å². The molecule has 2 aliphatic rings. The first-order valence-electron chi connectivity index (χ1n) is 10.4. The van der Waals surface area contributed by atoms with Crippen molar-refractivity contribution in [1.29, 1.82) is 0 Å². The van der Waals surface area contributed by atoms with Crippen molar-refractivity contribution in [2.45, 2.75) is 13.3 Å². The van der Waals surface area contributed by atoms with E-state index in [1.165, 1.54) is 6.33 Å². The van der Waals surface area contributed by atoms with Crippen LogP contribution in [0.1, 0.15) is 12.0 Å². The maximum absolute atomic E-state index is 13.1. The van der Waals surface area contributed by atoms with Gasteiger partial charge in [0.2, 0.25) is 11.8 Å². The Kier molecular flexibility index (Phi) is 4.76. The van der Waals surface area contributed by atoms with Crippen molar-refractivity contribution in [1.82, 2.24) is 29.9 Å². The van der Waals surface area contributed by atoms with Crippen LogP contribution in [0.15, 0.2) is 30.6 Å². The fourth-order valence-electron chi connectivity index (χ4n) is 4.32. The highest BCUT2D eigenvalue weighted by atomic mass is 16.2. The fourth-order valence-corrected chi connectivity index (χ4v) is 4.32. The molecule has 2 fully saturated rings. The predicted octanol–water partition coefficient (Wildman–Crippen LogP) is 0.768. The molecular formula is C21H24N8O2. The molecule has 10 nitrogen and oxygen atoms in total. The molecule has 0 saturated carbocycles. The highest BCUT2D eigenvalue weighted by Crippen LogP contribution is 2.27. The van der Waals surface area contributed by atoms with Crippen molar-refractivity contribution in [3.05, 3.63) is 36.2 Å². The Morgan fingerprint density at radius 2 is 1.81 bits per heavy atom. The van der Waals surface area contributed by atoms with Gasteiger partial charge in [-0.3, -0.25) is 9.59 Å². The third-order valence-corrected chi connectivity index (χ3v) is 6.08. The summed E-state index contributed by atoms with van der Waals surface area (Å²) in [6, 6.07) is 7.85. The summed E-state index contributed by atoms with van der Waals surface area (Å²) >= 11 is 0. The molecule has 0 bridgehead atoms. The second-order valence-corrected chi connectivity index (χ2v) is 8.14. The highest BCUT2D eigenvalue weighted by molar-refractivity contribution is 6.00. The molecule has 10 heteroatoms. The van der Waals surface area contributed by atoms with Crippen LogP contribution in [0.4, 0.5) is 11.5 Å². The predicted molar refractivity (Wildman–Crippen MR) is 115 cm³/mol. The summed E-state index contributed by atoms with van der Waals surface area (Å²) in [5.41, 5.74) is 3.35. The van der Waals surface area contributed by atoms with Crippen molar-refractivity contribution < 1.29 is 9.59 Å². The molecule has 4 heterocycles. The number of aromatic nitrogens is 5. The normalized spacial score (nSPS) is 19.5. The molecule has 0 N–H and O–H groups in total. The van der Waals surface area contributed by atoms with Crippen molar-refractivity contribution in [3.8, 4) is 0 Å². The van der Waals surface area contributed by atoms with E-state index in [2.05, 4.69) is 25.2 Å². The summed E-state index contributed by atoms with van der Waals surface area (Å²) in [5, 5.41) is 8.21. The lowest BCUT2D eigenvalue weighted by atomic mass is 10.1. The van der Waals surface area contributed by atoms with Gasteiger partial charge in [0, 0.05) is 51.9 Å². The van der Waals surface area contributed by atoms with E-state index in [4.69, 9.17) is 0 Å². The van der Waals surface area contributed by atoms with E-state index in [0.29, 0.717) is 43.9 Å². The molecule has 2 aromatic heterocycles. The minimum absolute atomic E-state index is 0.00636. The summed E-state index contributed by atoms with van der Waals surface area (Å²) in [6.07, 6.45) is 1.78. The van der Waals surface area contributed by atoms with Crippen LogP contribution in [0.2, 0.25) is 0 Å². The quantitative estimate of drug-likeness (QED) is 0.617. The van der Waals surface area contributed by atoms with Gasteiger partial charge >= 0.3 is 0 Å². The zero-order chi connectivity index (χ0) is 21.5. The number of benzene rings is 1. The van der Waals surface area contributed by atoms with E-state index in [0.717, 1.165) is 17.1 Å². The summed E-state index contributed by atoms with van der Waals surface area (Å²) < 4.78 is 1.62. The van der Waals surface area contributed by atoms with Gasteiger partial charge in [-0.05, 0) is 19.1 Å². The van der Waals surface area contributed by atoms with Gasteiger partial charge in [0.05, 0.1) is 5.92 Å². The topological polar surface area (TPSA) is 100 Å². The second kappa shape index (κ2) is 7.60. The number of amides is 2. The zero-order valence-corrected chi connectivity index (χ0v) is 17.6. The van der Waals surface area contributed by atoms with Crippen molar-refractivity contribution >= 4 is 34.5 Å². The number of piperazine rings is 1. The van der Waals surface area contributed by atoms with Crippen LogP contribution in [0, 0.1) is 12.8 Å². The van der Waals surface area contributed by atoms with Gasteiger partial charge in [-0.25, -0.2) is 14.6 Å². The molecule has 2 saturated heterocycles. The number of anilines is 2. The van der Waals surface area contributed by atoms with Gasteiger partial charge < -0.3 is 14.7 Å². The van der Waals surface area contributed by atoms with Crippen LogP contribution < -0.4 is 9.80 Å². The number of hydrogen-bond acceptors (Lipinski definition) is 7. The monoisotopic (exact) mass is 420 g/mol. The Balaban J connectivity index is 1.24. The number of rotatable bonds is 3. The number of carbonyl (C=O) groups excluding carboxylic acids is 2. The molecule has 1 atom stereocenters. The summed E-state index contributed by atoms with van der Waals surface area (Å²) in [5.74, 6) is 0.500. The molecule has 5 rings (SSSR count). The van der Waals surface area contributed by atoms with Crippen LogP contribution in [0.25, 0.3) is 11.2 Å². The first-order valence-corrected chi connectivity index (χ1v) is 10.4. The Morgan fingerprint density at radius 3 is 2.55 bits per heavy atom. The molecule has 0 spiro atoms. The van der Waals surface area contributed by atoms with Crippen LogP contribution in [0.5, 0.6) is 0 Å². The second-order valence-electron chi connectivity index (χ2n) is 8.14. The lowest BCUT2D eigenvalue weighted by Crippen LogP contribution is -2.51. The van der Waals surface area contributed by atoms with Gasteiger partial charge in [0.1, 0.15) is 6.33 Å². The molecule has 1 aromatic carbocycles. The van der Waals surface area contributed by atoms with Gasteiger partial charge in [0.25, 0.3) is 0 Å². The van der Waals surface area contributed by atoms with Crippen LogP contribution in [-0.2, 0) is 16.6 Å². The lowest BCUT2D eigenvalue weighted by molar-refractivity contribution is -0.136. The van der Waals surface area contributed by atoms with Crippen LogP contribution >= 0.6 is 0 Å². The molecule has 31 heavy (non-hydrogen) atoms. The largest absolute Gasteiger partial charge is 0.351 e. The van der Waals surface area contributed by atoms with E-state index in [9.17, 15) is 9.59 Å². The first kappa shape index (κ1) is 19.4. The number of carbonyl (C=O) groups is 2. The smallest absolute Gasteiger partial charge is 0.228 e. The first-order chi connectivity index (χ1) is 15.0. The van der Waals surface area contributed by atoms with Gasteiger partial charge in [0.15, 0.2) is 17.0 Å². The average molecular weight is 420 g/mol. The number of hydrogen-bond donors (Lipinski definition) is 0. The van der Waals surface area contributed by atoms with Gasteiger partial charge in [-0.2, -0.15) is 0 Å². The molecule has 0 aliphatic carbocycles. The SMILES string of the molecule is Cc1ccc(N2C[C@@H](C(=O)N3CCN(c4ncnc5c4nnn5C)CC3)CC2=O)cc1. The summed E-state index contributed by atoms with van der Waals surface area (Å²) in [6.45, 7) is 4.92. The van der Waals surface area contributed by atoms with Crippen LogP contribution in [-0.4, -0.2) is 74.4 Å². The highest BCUT2D eigenvalue weighted by Gasteiger charge is 2.38. The lowest BCUT2D eigenvalue weighted by Gasteiger charge is -2.36. The Bertz CT molecular complexity index is 1130. The third kappa shape index (κ3) is 3.47. The van der Waals surface area contributed by atoms with E-state index >= 15 is 0 Å². The van der Waals surface area contributed by atoms with Gasteiger partial charge in [-0.1, -0.05) is 22.9 Å². The Hall–Kier alpha value is -3.56. The van der Waals surface area contributed by atoms with E-state index in [1.807, 2.05) is 36.1 Å². The van der Waals surface area contributed by atoms with E-state index in [-0.39, 0.29) is 24.2 Å². The molecular weight excluding hydrogens is 396 g/mol. The summed E-state index contributed by atoms with van der Waals surface area (Å²) in [7, 11) is 1.80. The molecule has 160 valence electrons. The Labute approximate surface area is 179 Å². The van der Waals surface area contributed by atoms with E-state index in [1.54, 1.807) is 16.6 Å². The minimum atomic E-state index is -0.300. The fraction of sp³-hybridized carbons (Fsp3) is 0.429. The third-order valence-electron chi connectivity index (χ3n) is 6.08. The molecule has 2 aliphatic heterocycles. The van der Waals surface area contributed by atoms with Crippen LogP contribution in [0.3, 0.4) is 0 Å². The standard InChI is InChI=1S/C21H24N8O2/c1-14-3-5-16(6-4-14)29-12-15(11-17(29)30)21(31)28-9-7-27(8-10-28)20-18-19(22-13-23-20)26(2)25-24-18/h3-6,13,15H,7-12H2,1-2H3/t15-/m0/s1. The van der Waals surface area contributed by atoms with Crippen molar-refractivity contribution in [2.75, 3.05) is 42.5 Å². The van der Waals surface area contributed by atoms with Crippen molar-refractivity contribution in [2.24, 2.45) is 13.0 Å². The van der Waals surface area contributed by atoms with Crippen molar-refractivity contribution in [3.63, 3.8) is 0 Å². The molecule has 2 amide bonds. The Morgan fingerprint density at radius 1 is 1.06 bits per heavy atom. The summed E-state index contributed by atoms with van der Waals surface area (Å²) in [4.78, 5) is 40.0. The maximum atomic E-state index is 13.1. The average Bonchev–Trinajstić information content (AvgIpc) is 3.37. The molecule has 0 radical (unpaired) electrons. The minimum Gasteiger partial charge on any atom is -0.351 e. The molecule has 3 aromatic rings. The molecule has 0 unspecified atom stereocenters. The van der Waals surface area contributed by atoms with Gasteiger partial charge in [-0.15, -0.1) is 5.10 Å². The number of nitrogens with zero attached hydrogens (tertiary/aromatic N) is 8. The maximum Gasteiger partial charge on any atom is 0.228 e.